The standard InChI is InChI=1S/C41H45N3O8S2/c1-25(28-18-20-30(21-19-28)41(49)50)44-54(51,52)33-9-5-8-31(24-33)37(45)43-39-36(34-10-2-3-11-35(34)53-39)38(46)42-32-22-14-27(15-23-32)7-4-6-26-12-16-29(17-13-26)40(47)48/h5,8-9,12-17,22-25,28,30,44H,2-4,6-7,10-11,18-21H2,1H3,(H,42,46)(H,43,45)(H,47,48)(H,49,50). The smallest absolute Gasteiger partial charge is 0.335 e. The second-order valence-electron chi connectivity index (χ2n) is 14.3. The normalized spacial score (nSPS) is 17.6. The van der Waals surface area contributed by atoms with Crippen molar-refractivity contribution in [2.75, 3.05) is 10.6 Å². The largest absolute Gasteiger partial charge is 0.481 e. The molecule has 3 aromatic carbocycles. The van der Waals surface area contributed by atoms with Crippen molar-refractivity contribution in [3.05, 3.63) is 111 Å². The third-order valence-corrected chi connectivity index (χ3v) is 13.3. The summed E-state index contributed by atoms with van der Waals surface area (Å²) in [5.74, 6) is -2.99. The lowest BCUT2D eigenvalue weighted by Gasteiger charge is -2.30. The number of sulfonamides is 1. The summed E-state index contributed by atoms with van der Waals surface area (Å²) in [6.07, 6.45) is 8.21. The molecule has 54 heavy (non-hydrogen) atoms. The molecule has 2 aliphatic carbocycles. The Hall–Kier alpha value is -4.85. The van der Waals surface area contributed by atoms with Gasteiger partial charge in [0.1, 0.15) is 5.00 Å². The highest BCUT2D eigenvalue weighted by atomic mass is 32.2. The molecule has 13 heteroatoms. The molecule has 1 unspecified atom stereocenters. The van der Waals surface area contributed by atoms with Crippen LogP contribution >= 0.6 is 11.3 Å². The Morgan fingerprint density at radius 3 is 2.09 bits per heavy atom. The highest BCUT2D eigenvalue weighted by Gasteiger charge is 2.31. The van der Waals surface area contributed by atoms with Crippen molar-refractivity contribution < 1.29 is 37.8 Å². The molecule has 0 aliphatic heterocycles. The van der Waals surface area contributed by atoms with Crippen LogP contribution in [0.2, 0.25) is 0 Å². The molecule has 2 amide bonds. The van der Waals surface area contributed by atoms with Gasteiger partial charge in [-0.15, -0.1) is 11.3 Å². The number of anilines is 2. The van der Waals surface area contributed by atoms with Crippen molar-refractivity contribution in [2.45, 2.75) is 88.5 Å². The number of carbonyl (C=O) groups is 4. The van der Waals surface area contributed by atoms with Gasteiger partial charge in [0.2, 0.25) is 10.0 Å². The number of thiophene rings is 1. The zero-order valence-electron chi connectivity index (χ0n) is 30.1. The molecule has 1 heterocycles. The maximum Gasteiger partial charge on any atom is 0.335 e. The zero-order valence-corrected chi connectivity index (χ0v) is 31.7. The number of carboxylic acid groups (broad SMARTS) is 2. The quantitative estimate of drug-likeness (QED) is 0.0872. The number of benzene rings is 3. The number of amides is 2. The zero-order chi connectivity index (χ0) is 38.4. The average molecular weight is 772 g/mol. The van der Waals surface area contributed by atoms with E-state index in [-0.39, 0.29) is 27.8 Å². The van der Waals surface area contributed by atoms with Crippen LogP contribution in [0.3, 0.4) is 0 Å². The minimum absolute atomic E-state index is 0.0117. The van der Waals surface area contributed by atoms with Crippen LogP contribution in [0.1, 0.15) is 105 Å². The number of rotatable bonds is 14. The molecule has 0 bridgehead atoms. The second-order valence-corrected chi connectivity index (χ2v) is 17.1. The number of aromatic carboxylic acids is 1. The number of carboxylic acids is 2. The number of fused-ring (bicyclic) bond motifs is 1. The Balaban J connectivity index is 1.09. The van der Waals surface area contributed by atoms with E-state index in [1.165, 1.54) is 35.6 Å². The molecule has 0 spiro atoms. The maximum atomic E-state index is 13.8. The average Bonchev–Trinajstić information content (AvgIpc) is 3.53. The van der Waals surface area contributed by atoms with E-state index in [0.717, 1.165) is 66.5 Å². The van der Waals surface area contributed by atoms with Crippen LogP contribution in [-0.4, -0.2) is 48.4 Å². The summed E-state index contributed by atoms with van der Waals surface area (Å²) < 4.78 is 29.5. The molecule has 0 saturated heterocycles. The van der Waals surface area contributed by atoms with Gasteiger partial charge in [-0.25, -0.2) is 17.9 Å². The minimum atomic E-state index is -3.98. The Morgan fingerprint density at radius 2 is 1.44 bits per heavy atom. The number of hydrogen-bond acceptors (Lipinski definition) is 7. The van der Waals surface area contributed by atoms with Crippen LogP contribution in [0.25, 0.3) is 0 Å². The fourth-order valence-electron chi connectivity index (χ4n) is 7.41. The summed E-state index contributed by atoms with van der Waals surface area (Å²) in [6, 6.07) is 19.9. The van der Waals surface area contributed by atoms with E-state index < -0.39 is 39.8 Å². The molecule has 284 valence electrons. The van der Waals surface area contributed by atoms with E-state index in [2.05, 4.69) is 15.4 Å². The van der Waals surface area contributed by atoms with E-state index in [1.54, 1.807) is 19.1 Å². The first-order chi connectivity index (χ1) is 25.9. The van der Waals surface area contributed by atoms with Crippen molar-refractivity contribution in [1.29, 1.82) is 0 Å². The highest BCUT2D eigenvalue weighted by molar-refractivity contribution is 7.89. The highest BCUT2D eigenvalue weighted by Crippen LogP contribution is 2.39. The fourth-order valence-corrected chi connectivity index (χ4v) is 10.0. The van der Waals surface area contributed by atoms with Crippen LogP contribution in [0.4, 0.5) is 10.7 Å². The molecule has 1 fully saturated rings. The molecule has 6 rings (SSSR count). The molecule has 2 aliphatic rings. The third kappa shape index (κ3) is 9.44. The molecule has 4 aromatic rings. The predicted octanol–water partition coefficient (Wildman–Crippen LogP) is 7.56. The third-order valence-electron chi connectivity index (χ3n) is 10.5. The molecule has 1 saturated carbocycles. The molecule has 0 radical (unpaired) electrons. The summed E-state index contributed by atoms with van der Waals surface area (Å²) in [5, 5.41) is 24.7. The summed E-state index contributed by atoms with van der Waals surface area (Å²) in [6.45, 7) is 1.79. The Bertz CT molecular complexity index is 2120. The van der Waals surface area contributed by atoms with Gasteiger partial charge in [-0.2, -0.15) is 0 Å². The lowest BCUT2D eigenvalue weighted by molar-refractivity contribution is -0.143. The van der Waals surface area contributed by atoms with Crippen molar-refractivity contribution >= 4 is 55.8 Å². The topological polar surface area (TPSA) is 179 Å². The number of carbonyl (C=O) groups excluding carboxylic acids is 2. The molecule has 5 N–H and O–H groups in total. The van der Waals surface area contributed by atoms with Crippen LogP contribution in [0, 0.1) is 11.8 Å². The molecule has 1 atom stereocenters. The van der Waals surface area contributed by atoms with Gasteiger partial charge in [0, 0.05) is 22.2 Å². The van der Waals surface area contributed by atoms with Crippen molar-refractivity contribution in [2.24, 2.45) is 11.8 Å². The first-order valence-corrected chi connectivity index (χ1v) is 20.7. The van der Waals surface area contributed by atoms with Gasteiger partial charge in [-0.05, 0) is 143 Å². The SMILES string of the molecule is CC(NS(=O)(=O)c1cccc(C(=O)Nc2sc3c(c2C(=O)Nc2ccc(CCCc4ccc(C(=O)O)cc4)cc2)CCCC3)c1)C1CCC(C(=O)O)CC1. The number of hydrogen-bond donors (Lipinski definition) is 5. The van der Waals surface area contributed by atoms with Gasteiger partial charge < -0.3 is 20.8 Å². The molecular weight excluding hydrogens is 727 g/mol. The summed E-state index contributed by atoms with van der Waals surface area (Å²) in [5.41, 5.74) is 4.56. The van der Waals surface area contributed by atoms with Crippen LogP contribution in [0.15, 0.2) is 77.7 Å². The Labute approximate surface area is 319 Å². The maximum absolute atomic E-state index is 13.8. The number of nitrogens with one attached hydrogen (secondary N) is 3. The Kier molecular flexibility index (Phi) is 12.3. The van der Waals surface area contributed by atoms with Crippen LogP contribution in [-0.2, 0) is 40.5 Å². The second kappa shape index (κ2) is 17.1. The van der Waals surface area contributed by atoms with Crippen molar-refractivity contribution in [3.63, 3.8) is 0 Å². The lowest BCUT2D eigenvalue weighted by atomic mass is 9.79. The number of aryl methyl sites for hydroxylation is 3. The monoisotopic (exact) mass is 771 g/mol. The van der Waals surface area contributed by atoms with Gasteiger partial charge in [-0.3, -0.25) is 14.4 Å². The first-order valence-electron chi connectivity index (χ1n) is 18.4. The number of aliphatic carboxylic acids is 1. The van der Waals surface area contributed by atoms with E-state index in [0.29, 0.717) is 41.9 Å². The van der Waals surface area contributed by atoms with Crippen molar-refractivity contribution in [3.8, 4) is 0 Å². The van der Waals surface area contributed by atoms with Crippen LogP contribution < -0.4 is 15.4 Å². The lowest BCUT2D eigenvalue weighted by Crippen LogP contribution is -2.40. The summed E-state index contributed by atoms with van der Waals surface area (Å²) >= 11 is 1.38. The Morgan fingerprint density at radius 1 is 0.796 bits per heavy atom. The van der Waals surface area contributed by atoms with Gasteiger partial charge in [0.05, 0.1) is 21.9 Å². The summed E-state index contributed by atoms with van der Waals surface area (Å²) in [4.78, 5) is 50.9. The van der Waals surface area contributed by atoms with Gasteiger partial charge in [0.15, 0.2) is 0 Å². The first kappa shape index (κ1) is 38.9. The van der Waals surface area contributed by atoms with Crippen molar-refractivity contribution in [1.82, 2.24) is 4.72 Å². The van der Waals surface area contributed by atoms with E-state index >= 15 is 0 Å². The summed E-state index contributed by atoms with van der Waals surface area (Å²) in [7, 11) is -3.98. The van der Waals surface area contributed by atoms with Gasteiger partial charge in [-0.1, -0.05) is 30.3 Å². The molecular formula is C41H45N3O8S2. The fraction of sp³-hybridized carbons (Fsp3) is 0.366. The van der Waals surface area contributed by atoms with Gasteiger partial charge in [0.25, 0.3) is 11.8 Å². The molecule has 11 nitrogen and oxygen atoms in total. The predicted molar refractivity (Wildman–Crippen MR) is 208 cm³/mol. The van der Waals surface area contributed by atoms with E-state index in [9.17, 15) is 32.7 Å². The van der Waals surface area contributed by atoms with E-state index in [1.807, 2.05) is 36.4 Å². The van der Waals surface area contributed by atoms with Crippen LogP contribution in [0.5, 0.6) is 0 Å². The molecule has 1 aromatic heterocycles. The van der Waals surface area contributed by atoms with E-state index in [4.69, 9.17) is 5.11 Å². The van der Waals surface area contributed by atoms with Gasteiger partial charge >= 0.3 is 11.9 Å². The minimum Gasteiger partial charge on any atom is -0.481 e.